The number of furan rings is 1. The molecule has 0 fully saturated rings. The molecule has 6 nitrogen and oxygen atoms in total. The standard InChI is InChI=1S/C14H12BrN3O3S/c15-11-8-16-18(10-11)12-3-5-14(6-4-12)22(19,20)17-9-13-2-1-7-21-13/h1-8,10,17H,9H2. The van der Waals surface area contributed by atoms with Crippen LogP contribution in [0.2, 0.25) is 0 Å². The summed E-state index contributed by atoms with van der Waals surface area (Å²) >= 11 is 3.32. The van der Waals surface area contributed by atoms with Crippen molar-refractivity contribution in [3.8, 4) is 5.69 Å². The van der Waals surface area contributed by atoms with Crippen molar-refractivity contribution in [1.29, 1.82) is 0 Å². The van der Waals surface area contributed by atoms with Gasteiger partial charge in [-0.1, -0.05) is 0 Å². The molecule has 0 atom stereocenters. The van der Waals surface area contributed by atoms with Crippen molar-refractivity contribution < 1.29 is 12.8 Å². The topological polar surface area (TPSA) is 77.1 Å². The molecule has 0 bridgehead atoms. The lowest BCUT2D eigenvalue weighted by Crippen LogP contribution is -2.23. The minimum Gasteiger partial charge on any atom is -0.468 e. The number of halogens is 1. The van der Waals surface area contributed by atoms with E-state index >= 15 is 0 Å². The molecule has 1 aromatic carbocycles. The summed E-state index contributed by atoms with van der Waals surface area (Å²) in [5.41, 5.74) is 0.774. The number of aromatic nitrogens is 2. The molecule has 0 radical (unpaired) electrons. The van der Waals surface area contributed by atoms with Gasteiger partial charge in [0.05, 0.1) is 34.1 Å². The second-order valence-corrected chi connectivity index (χ2v) is 7.18. The number of hydrogen-bond donors (Lipinski definition) is 1. The largest absolute Gasteiger partial charge is 0.468 e. The summed E-state index contributed by atoms with van der Waals surface area (Å²) in [5.74, 6) is 0.557. The van der Waals surface area contributed by atoms with Crippen LogP contribution in [0.25, 0.3) is 5.69 Å². The smallest absolute Gasteiger partial charge is 0.240 e. The average Bonchev–Trinajstić information content (AvgIpc) is 3.17. The number of nitrogens with zero attached hydrogens (tertiary/aromatic N) is 2. The molecule has 0 unspecified atom stereocenters. The first-order chi connectivity index (χ1) is 10.5. The maximum Gasteiger partial charge on any atom is 0.240 e. The second kappa shape index (κ2) is 6.07. The third kappa shape index (κ3) is 3.29. The van der Waals surface area contributed by atoms with E-state index in [-0.39, 0.29) is 11.4 Å². The SMILES string of the molecule is O=S(=O)(NCc1ccco1)c1ccc(-n2cc(Br)cn2)cc1. The summed E-state index contributed by atoms with van der Waals surface area (Å²) in [7, 11) is -3.58. The Balaban J connectivity index is 1.76. The number of benzene rings is 1. The minimum absolute atomic E-state index is 0.114. The van der Waals surface area contributed by atoms with Crippen molar-refractivity contribution in [2.45, 2.75) is 11.4 Å². The molecule has 0 spiro atoms. The zero-order valence-electron chi connectivity index (χ0n) is 11.3. The molecule has 0 aliphatic heterocycles. The molecule has 0 saturated heterocycles. The predicted octanol–water partition coefficient (Wildman–Crippen LogP) is 2.71. The van der Waals surface area contributed by atoms with Gasteiger partial charge >= 0.3 is 0 Å². The van der Waals surface area contributed by atoms with Gasteiger partial charge in [-0.25, -0.2) is 17.8 Å². The van der Waals surface area contributed by atoms with Crippen LogP contribution in [0.4, 0.5) is 0 Å². The minimum atomic E-state index is -3.58. The van der Waals surface area contributed by atoms with Crippen molar-refractivity contribution >= 4 is 26.0 Å². The van der Waals surface area contributed by atoms with E-state index in [0.717, 1.165) is 10.2 Å². The first-order valence-electron chi connectivity index (χ1n) is 6.37. The molecule has 0 amide bonds. The Labute approximate surface area is 135 Å². The van der Waals surface area contributed by atoms with E-state index in [0.29, 0.717) is 5.76 Å². The van der Waals surface area contributed by atoms with Crippen LogP contribution in [0.3, 0.4) is 0 Å². The quantitative estimate of drug-likeness (QED) is 0.736. The van der Waals surface area contributed by atoms with Gasteiger partial charge in [0.2, 0.25) is 10.0 Å². The van der Waals surface area contributed by atoms with Crippen molar-refractivity contribution in [1.82, 2.24) is 14.5 Å². The third-order valence-corrected chi connectivity index (χ3v) is 4.81. The number of hydrogen-bond acceptors (Lipinski definition) is 4. The van der Waals surface area contributed by atoms with Crippen LogP contribution >= 0.6 is 15.9 Å². The Morgan fingerprint density at radius 1 is 1.23 bits per heavy atom. The van der Waals surface area contributed by atoms with E-state index < -0.39 is 10.0 Å². The molecule has 114 valence electrons. The number of rotatable bonds is 5. The van der Waals surface area contributed by atoms with Gasteiger partial charge in [-0.2, -0.15) is 5.10 Å². The zero-order valence-corrected chi connectivity index (χ0v) is 13.7. The maximum absolute atomic E-state index is 12.2. The van der Waals surface area contributed by atoms with Crippen LogP contribution in [-0.2, 0) is 16.6 Å². The molecule has 3 aromatic rings. The fourth-order valence-corrected chi connectivity index (χ4v) is 3.16. The summed E-state index contributed by atoms with van der Waals surface area (Å²) in [6.45, 7) is 0.114. The Bertz CT molecular complexity index is 855. The first-order valence-corrected chi connectivity index (χ1v) is 8.65. The van der Waals surface area contributed by atoms with Crippen molar-refractivity contribution in [2.24, 2.45) is 0 Å². The molecule has 3 rings (SSSR count). The van der Waals surface area contributed by atoms with Gasteiger partial charge in [0.25, 0.3) is 0 Å². The van der Waals surface area contributed by atoms with Crippen LogP contribution in [0.5, 0.6) is 0 Å². The van der Waals surface area contributed by atoms with Gasteiger partial charge in [0.15, 0.2) is 0 Å². The maximum atomic E-state index is 12.2. The average molecular weight is 382 g/mol. The van der Waals surface area contributed by atoms with E-state index in [2.05, 4.69) is 25.8 Å². The zero-order chi connectivity index (χ0) is 15.6. The summed E-state index contributed by atoms with van der Waals surface area (Å²) < 4.78 is 34.5. The van der Waals surface area contributed by atoms with Crippen molar-refractivity contribution in [2.75, 3.05) is 0 Å². The lowest BCUT2D eigenvalue weighted by atomic mass is 10.3. The lowest BCUT2D eigenvalue weighted by molar-refractivity contribution is 0.498. The Morgan fingerprint density at radius 3 is 2.59 bits per heavy atom. The van der Waals surface area contributed by atoms with Gasteiger partial charge in [-0.3, -0.25) is 0 Å². The molecule has 0 aliphatic rings. The van der Waals surface area contributed by atoms with Crippen molar-refractivity contribution in [3.05, 3.63) is 65.3 Å². The number of nitrogens with one attached hydrogen (secondary N) is 1. The number of sulfonamides is 1. The molecule has 2 aromatic heterocycles. The monoisotopic (exact) mass is 381 g/mol. The highest BCUT2D eigenvalue weighted by Gasteiger charge is 2.14. The van der Waals surface area contributed by atoms with E-state index in [1.54, 1.807) is 41.3 Å². The van der Waals surface area contributed by atoms with Crippen LogP contribution in [0.15, 0.2) is 68.8 Å². The van der Waals surface area contributed by atoms with E-state index in [9.17, 15) is 8.42 Å². The summed E-state index contributed by atoms with van der Waals surface area (Å²) in [6.07, 6.45) is 4.95. The van der Waals surface area contributed by atoms with Gasteiger partial charge < -0.3 is 4.42 Å². The molecular formula is C14H12BrN3O3S. The van der Waals surface area contributed by atoms with Crippen LogP contribution < -0.4 is 4.72 Å². The molecule has 0 saturated carbocycles. The summed E-state index contributed by atoms with van der Waals surface area (Å²) in [5, 5.41) is 4.14. The van der Waals surface area contributed by atoms with Crippen LogP contribution in [0.1, 0.15) is 5.76 Å². The summed E-state index contributed by atoms with van der Waals surface area (Å²) in [6, 6.07) is 9.88. The van der Waals surface area contributed by atoms with E-state index in [1.165, 1.54) is 18.4 Å². The normalized spacial score (nSPS) is 11.7. The van der Waals surface area contributed by atoms with Gasteiger partial charge in [0.1, 0.15) is 5.76 Å². The van der Waals surface area contributed by atoms with Gasteiger partial charge in [-0.05, 0) is 52.3 Å². The fraction of sp³-hybridized carbons (Fsp3) is 0.0714. The van der Waals surface area contributed by atoms with E-state index in [4.69, 9.17) is 4.42 Å². The molecule has 2 heterocycles. The molecule has 1 N–H and O–H groups in total. The van der Waals surface area contributed by atoms with Crippen LogP contribution in [0, 0.1) is 0 Å². The highest BCUT2D eigenvalue weighted by atomic mass is 79.9. The Morgan fingerprint density at radius 2 is 2.00 bits per heavy atom. The van der Waals surface area contributed by atoms with Crippen LogP contribution in [-0.4, -0.2) is 18.2 Å². The lowest BCUT2D eigenvalue weighted by Gasteiger charge is -2.07. The highest BCUT2D eigenvalue weighted by Crippen LogP contribution is 2.16. The highest BCUT2D eigenvalue weighted by molar-refractivity contribution is 9.10. The third-order valence-electron chi connectivity index (χ3n) is 2.98. The summed E-state index contributed by atoms with van der Waals surface area (Å²) in [4.78, 5) is 0.189. The predicted molar refractivity (Wildman–Crippen MR) is 84.0 cm³/mol. The first kappa shape index (κ1) is 15.0. The molecule has 0 aliphatic carbocycles. The second-order valence-electron chi connectivity index (χ2n) is 4.50. The van der Waals surface area contributed by atoms with Gasteiger partial charge in [-0.15, -0.1) is 0 Å². The van der Waals surface area contributed by atoms with Gasteiger partial charge in [0, 0.05) is 6.20 Å². The molecular weight excluding hydrogens is 370 g/mol. The Kier molecular flexibility index (Phi) is 4.14. The van der Waals surface area contributed by atoms with E-state index in [1.807, 2.05) is 0 Å². The fourth-order valence-electron chi connectivity index (χ4n) is 1.88. The molecule has 8 heteroatoms. The van der Waals surface area contributed by atoms with Crippen molar-refractivity contribution in [3.63, 3.8) is 0 Å². The Hall–Kier alpha value is -1.90. The molecule has 22 heavy (non-hydrogen) atoms.